The third kappa shape index (κ3) is 3.60. The van der Waals surface area contributed by atoms with Crippen LogP contribution in [0.5, 0.6) is 5.75 Å². The molecule has 3 heteroatoms. The Labute approximate surface area is 114 Å². The fraction of sp³-hybridized carbons (Fsp3) is 0.438. The van der Waals surface area contributed by atoms with Gasteiger partial charge in [0, 0.05) is 19.5 Å². The number of piperidine rings is 1. The van der Waals surface area contributed by atoms with Crippen LogP contribution in [0.2, 0.25) is 0 Å². The van der Waals surface area contributed by atoms with Crippen LogP contribution in [-0.2, 0) is 4.79 Å². The van der Waals surface area contributed by atoms with Gasteiger partial charge < -0.3 is 10.0 Å². The molecule has 0 unspecified atom stereocenters. The number of carbonyl (C=O) groups is 1. The molecular weight excluding hydrogens is 238 g/mol. The van der Waals surface area contributed by atoms with Crippen LogP contribution in [-0.4, -0.2) is 29.0 Å². The number of nitrogens with zero attached hydrogens (tertiary/aromatic N) is 1. The lowest BCUT2D eigenvalue weighted by atomic mass is 9.89. The van der Waals surface area contributed by atoms with Crippen LogP contribution < -0.4 is 0 Å². The maximum absolute atomic E-state index is 11.9. The summed E-state index contributed by atoms with van der Waals surface area (Å²) >= 11 is 0. The molecule has 1 amide bonds. The molecule has 1 aliphatic rings. The summed E-state index contributed by atoms with van der Waals surface area (Å²) < 4.78 is 0. The molecule has 0 saturated carbocycles. The maximum atomic E-state index is 11.9. The lowest BCUT2D eigenvalue weighted by Gasteiger charge is -2.32. The molecule has 1 aromatic rings. The monoisotopic (exact) mass is 259 g/mol. The molecule has 1 aliphatic heterocycles. The van der Waals surface area contributed by atoms with Crippen molar-refractivity contribution in [1.82, 2.24) is 4.90 Å². The fourth-order valence-electron chi connectivity index (χ4n) is 2.59. The third-order valence-electron chi connectivity index (χ3n) is 3.77. The molecule has 3 nitrogen and oxygen atoms in total. The molecule has 1 aromatic carbocycles. The second kappa shape index (κ2) is 6.41. The number of amides is 1. The van der Waals surface area contributed by atoms with E-state index in [4.69, 9.17) is 0 Å². The smallest absolute Gasteiger partial charge is 0.222 e. The van der Waals surface area contributed by atoms with Gasteiger partial charge in [-0.25, -0.2) is 0 Å². The van der Waals surface area contributed by atoms with Crippen molar-refractivity contribution >= 4 is 5.91 Å². The lowest BCUT2D eigenvalue weighted by molar-refractivity contribution is -0.132. The fourth-order valence-corrected chi connectivity index (χ4v) is 2.59. The Bertz CT molecular complexity index is 431. The van der Waals surface area contributed by atoms with E-state index in [-0.39, 0.29) is 5.91 Å². The summed E-state index contributed by atoms with van der Waals surface area (Å²) in [7, 11) is 0. The molecule has 1 heterocycles. The minimum atomic E-state index is 0.240. The predicted octanol–water partition coefficient (Wildman–Crippen LogP) is 3.06. The van der Waals surface area contributed by atoms with Crippen molar-refractivity contribution in [3.05, 3.63) is 42.5 Å². The Hall–Kier alpha value is -1.77. The minimum absolute atomic E-state index is 0.240. The molecule has 1 saturated heterocycles. The Morgan fingerprint density at radius 2 is 1.95 bits per heavy atom. The van der Waals surface area contributed by atoms with E-state index in [1.54, 1.807) is 18.2 Å². The molecule has 0 bridgehead atoms. The van der Waals surface area contributed by atoms with Crippen molar-refractivity contribution in [2.45, 2.75) is 31.6 Å². The van der Waals surface area contributed by atoms with Crippen molar-refractivity contribution in [2.75, 3.05) is 13.1 Å². The van der Waals surface area contributed by atoms with Crippen molar-refractivity contribution < 1.29 is 9.90 Å². The lowest BCUT2D eigenvalue weighted by Crippen LogP contribution is -2.37. The van der Waals surface area contributed by atoms with Gasteiger partial charge in [-0.3, -0.25) is 4.79 Å². The van der Waals surface area contributed by atoms with Crippen LogP contribution in [0.3, 0.4) is 0 Å². The van der Waals surface area contributed by atoms with Gasteiger partial charge in [0.15, 0.2) is 0 Å². The zero-order valence-electron chi connectivity index (χ0n) is 11.2. The number of carbonyl (C=O) groups excluding carboxylic acids is 1. The second-order valence-electron chi connectivity index (χ2n) is 5.07. The van der Waals surface area contributed by atoms with E-state index in [1.807, 2.05) is 17.0 Å². The number of phenols is 1. The molecular formula is C16H21NO2. The molecule has 0 spiro atoms. The summed E-state index contributed by atoms with van der Waals surface area (Å²) in [6.07, 6.45) is 5.14. The average molecular weight is 259 g/mol. The second-order valence-corrected chi connectivity index (χ2v) is 5.07. The molecule has 19 heavy (non-hydrogen) atoms. The standard InChI is InChI=1S/C16H21NO2/c1-2-3-4-16(19)17-11-9-14(10-12-17)13-5-7-15(18)8-6-13/h2,5-8,14,18H,1,3-4,9-12H2. The Morgan fingerprint density at radius 1 is 1.32 bits per heavy atom. The highest BCUT2D eigenvalue weighted by Gasteiger charge is 2.23. The van der Waals surface area contributed by atoms with Gasteiger partial charge in [-0.1, -0.05) is 18.2 Å². The first-order chi connectivity index (χ1) is 9.20. The molecule has 0 aliphatic carbocycles. The average Bonchev–Trinajstić information content (AvgIpc) is 2.46. The SMILES string of the molecule is C=CCCC(=O)N1CCC(c2ccc(O)cc2)CC1. The number of allylic oxidation sites excluding steroid dienone is 1. The van der Waals surface area contributed by atoms with Gasteiger partial charge in [0.05, 0.1) is 0 Å². The number of hydrogen-bond acceptors (Lipinski definition) is 2. The van der Waals surface area contributed by atoms with Crippen molar-refractivity contribution in [3.63, 3.8) is 0 Å². The van der Waals surface area contributed by atoms with Crippen LogP contribution in [0.25, 0.3) is 0 Å². The van der Waals surface area contributed by atoms with E-state index >= 15 is 0 Å². The largest absolute Gasteiger partial charge is 0.508 e. The van der Waals surface area contributed by atoms with Gasteiger partial charge in [-0.15, -0.1) is 6.58 Å². The van der Waals surface area contributed by atoms with Gasteiger partial charge >= 0.3 is 0 Å². The maximum Gasteiger partial charge on any atom is 0.222 e. The number of likely N-dealkylation sites (tertiary alicyclic amines) is 1. The van der Waals surface area contributed by atoms with Crippen LogP contribution in [0.4, 0.5) is 0 Å². The first kappa shape index (κ1) is 13.7. The third-order valence-corrected chi connectivity index (χ3v) is 3.77. The highest BCUT2D eigenvalue weighted by Crippen LogP contribution is 2.29. The predicted molar refractivity (Wildman–Crippen MR) is 76.1 cm³/mol. The number of rotatable bonds is 4. The summed E-state index contributed by atoms with van der Waals surface area (Å²) in [5, 5.41) is 9.29. The summed E-state index contributed by atoms with van der Waals surface area (Å²) in [5.74, 6) is 1.05. The molecule has 102 valence electrons. The van der Waals surface area contributed by atoms with Crippen LogP contribution in [0, 0.1) is 0 Å². The topological polar surface area (TPSA) is 40.5 Å². The van der Waals surface area contributed by atoms with E-state index in [9.17, 15) is 9.90 Å². The zero-order chi connectivity index (χ0) is 13.7. The Morgan fingerprint density at radius 3 is 2.53 bits per heavy atom. The van der Waals surface area contributed by atoms with Crippen LogP contribution >= 0.6 is 0 Å². The first-order valence-corrected chi connectivity index (χ1v) is 6.88. The van der Waals surface area contributed by atoms with Crippen LogP contribution in [0.15, 0.2) is 36.9 Å². The van der Waals surface area contributed by atoms with Gasteiger partial charge in [0.1, 0.15) is 5.75 Å². The molecule has 2 rings (SSSR count). The van der Waals surface area contributed by atoms with Gasteiger partial charge in [-0.2, -0.15) is 0 Å². The molecule has 1 N–H and O–H groups in total. The number of aromatic hydroxyl groups is 1. The van der Waals surface area contributed by atoms with E-state index in [1.165, 1.54) is 5.56 Å². The number of phenolic OH excluding ortho intramolecular Hbond substituents is 1. The summed E-state index contributed by atoms with van der Waals surface area (Å²) in [6.45, 7) is 5.32. The first-order valence-electron chi connectivity index (χ1n) is 6.88. The van der Waals surface area contributed by atoms with Gasteiger partial charge in [0.25, 0.3) is 0 Å². The molecule has 0 atom stereocenters. The van der Waals surface area contributed by atoms with Crippen molar-refractivity contribution in [3.8, 4) is 5.75 Å². The van der Waals surface area contributed by atoms with Crippen LogP contribution in [0.1, 0.15) is 37.2 Å². The quantitative estimate of drug-likeness (QED) is 0.844. The summed E-state index contributed by atoms with van der Waals surface area (Å²) in [4.78, 5) is 13.8. The Kier molecular flexibility index (Phi) is 4.61. The van der Waals surface area contributed by atoms with E-state index < -0.39 is 0 Å². The zero-order valence-corrected chi connectivity index (χ0v) is 11.2. The molecule has 0 radical (unpaired) electrons. The Balaban J connectivity index is 1.86. The van der Waals surface area contributed by atoms with Crippen molar-refractivity contribution in [1.29, 1.82) is 0 Å². The van der Waals surface area contributed by atoms with E-state index in [2.05, 4.69) is 6.58 Å². The van der Waals surface area contributed by atoms with E-state index in [0.29, 0.717) is 18.1 Å². The number of benzene rings is 1. The number of hydrogen-bond donors (Lipinski definition) is 1. The normalized spacial score (nSPS) is 16.3. The van der Waals surface area contributed by atoms with Gasteiger partial charge in [0.2, 0.25) is 5.91 Å². The van der Waals surface area contributed by atoms with Gasteiger partial charge in [-0.05, 0) is 42.9 Å². The minimum Gasteiger partial charge on any atom is -0.508 e. The molecule has 0 aromatic heterocycles. The highest BCUT2D eigenvalue weighted by molar-refractivity contribution is 5.76. The molecule has 1 fully saturated rings. The summed E-state index contributed by atoms with van der Waals surface area (Å²) in [6, 6.07) is 7.43. The van der Waals surface area contributed by atoms with E-state index in [0.717, 1.165) is 32.4 Å². The van der Waals surface area contributed by atoms with Crippen molar-refractivity contribution in [2.24, 2.45) is 0 Å². The summed E-state index contributed by atoms with van der Waals surface area (Å²) in [5.41, 5.74) is 1.26. The highest BCUT2D eigenvalue weighted by atomic mass is 16.3.